The van der Waals surface area contributed by atoms with Crippen LogP contribution in [-0.4, -0.2) is 37.7 Å². The average molecular weight is 349 g/mol. The Hall–Kier alpha value is -2.57. The SMILES string of the molecule is Cc1nc([C@@H]2C[C@H](OCc3ccccc3)CN2Cc2cccnc2)n[nH]1. The van der Waals surface area contributed by atoms with Crippen LogP contribution in [0, 0.1) is 6.92 Å². The second-order valence-electron chi connectivity index (χ2n) is 6.74. The number of hydrogen-bond donors (Lipinski definition) is 1. The molecule has 1 aromatic carbocycles. The van der Waals surface area contributed by atoms with Crippen molar-refractivity contribution in [3.05, 3.63) is 77.6 Å². The van der Waals surface area contributed by atoms with Gasteiger partial charge in [-0.25, -0.2) is 4.98 Å². The molecule has 2 aromatic heterocycles. The van der Waals surface area contributed by atoms with Crippen LogP contribution in [0.15, 0.2) is 54.9 Å². The zero-order valence-corrected chi connectivity index (χ0v) is 14.9. The van der Waals surface area contributed by atoms with Gasteiger partial charge in [-0.05, 0) is 30.5 Å². The summed E-state index contributed by atoms with van der Waals surface area (Å²) >= 11 is 0. The monoisotopic (exact) mass is 349 g/mol. The van der Waals surface area contributed by atoms with E-state index in [9.17, 15) is 0 Å². The van der Waals surface area contributed by atoms with Gasteiger partial charge in [0.15, 0.2) is 5.82 Å². The number of aromatic nitrogens is 4. The fourth-order valence-electron chi connectivity index (χ4n) is 3.45. The first kappa shape index (κ1) is 16.9. The molecule has 1 aliphatic rings. The topological polar surface area (TPSA) is 66.9 Å². The van der Waals surface area contributed by atoms with E-state index in [1.54, 1.807) is 6.20 Å². The van der Waals surface area contributed by atoms with E-state index in [2.05, 4.69) is 43.3 Å². The Bertz CT molecular complexity index is 820. The minimum atomic E-state index is 0.154. The minimum Gasteiger partial charge on any atom is -0.372 e. The number of rotatable bonds is 6. The van der Waals surface area contributed by atoms with Crippen molar-refractivity contribution in [2.45, 2.75) is 38.6 Å². The van der Waals surface area contributed by atoms with Crippen molar-refractivity contribution in [2.24, 2.45) is 0 Å². The molecule has 0 bridgehead atoms. The van der Waals surface area contributed by atoms with Gasteiger partial charge in [-0.1, -0.05) is 36.4 Å². The summed E-state index contributed by atoms with van der Waals surface area (Å²) < 4.78 is 6.19. The highest BCUT2D eigenvalue weighted by Crippen LogP contribution is 2.33. The van der Waals surface area contributed by atoms with E-state index in [0.29, 0.717) is 6.61 Å². The van der Waals surface area contributed by atoms with Gasteiger partial charge in [-0.15, -0.1) is 0 Å². The molecule has 0 amide bonds. The highest BCUT2D eigenvalue weighted by molar-refractivity contribution is 5.14. The summed E-state index contributed by atoms with van der Waals surface area (Å²) in [6.45, 7) is 4.24. The van der Waals surface area contributed by atoms with Gasteiger partial charge in [-0.2, -0.15) is 5.10 Å². The molecule has 6 heteroatoms. The van der Waals surface area contributed by atoms with Crippen LogP contribution in [0.1, 0.15) is 35.2 Å². The smallest absolute Gasteiger partial charge is 0.167 e. The van der Waals surface area contributed by atoms with Gasteiger partial charge in [0.05, 0.1) is 18.8 Å². The van der Waals surface area contributed by atoms with E-state index in [1.807, 2.05) is 37.4 Å². The number of ether oxygens (including phenoxy) is 1. The normalized spacial score (nSPS) is 20.5. The maximum Gasteiger partial charge on any atom is 0.167 e. The number of aromatic amines is 1. The van der Waals surface area contributed by atoms with E-state index < -0.39 is 0 Å². The van der Waals surface area contributed by atoms with Gasteiger partial charge in [0.25, 0.3) is 0 Å². The van der Waals surface area contributed by atoms with Crippen molar-refractivity contribution in [1.82, 2.24) is 25.1 Å². The van der Waals surface area contributed by atoms with Gasteiger partial charge < -0.3 is 4.74 Å². The van der Waals surface area contributed by atoms with Crippen LogP contribution in [0.5, 0.6) is 0 Å². The van der Waals surface area contributed by atoms with Crippen LogP contribution in [0.3, 0.4) is 0 Å². The molecule has 1 saturated heterocycles. The summed E-state index contributed by atoms with van der Waals surface area (Å²) in [4.78, 5) is 11.2. The maximum absolute atomic E-state index is 6.19. The summed E-state index contributed by atoms with van der Waals surface area (Å²) in [5.74, 6) is 1.69. The molecule has 6 nitrogen and oxygen atoms in total. The quantitative estimate of drug-likeness (QED) is 0.741. The van der Waals surface area contributed by atoms with Crippen LogP contribution in [-0.2, 0) is 17.9 Å². The first-order valence-electron chi connectivity index (χ1n) is 8.95. The Morgan fingerprint density at radius 1 is 1.15 bits per heavy atom. The molecule has 1 aliphatic heterocycles. The Labute approximate surface area is 153 Å². The third-order valence-electron chi connectivity index (χ3n) is 4.71. The first-order valence-corrected chi connectivity index (χ1v) is 8.95. The molecule has 2 atom stereocenters. The van der Waals surface area contributed by atoms with Gasteiger partial charge in [0.1, 0.15) is 5.82 Å². The van der Waals surface area contributed by atoms with E-state index in [4.69, 9.17) is 4.74 Å². The average Bonchev–Trinajstić information content (AvgIpc) is 3.28. The number of hydrogen-bond acceptors (Lipinski definition) is 5. The van der Waals surface area contributed by atoms with Crippen molar-refractivity contribution in [2.75, 3.05) is 6.54 Å². The number of likely N-dealkylation sites (tertiary alicyclic amines) is 1. The summed E-state index contributed by atoms with van der Waals surface area (Å²) in [5, 5.41) is 7.36. The molecule has 3 heterocycles. The van der Waals surface area contributed by atoms with Crippen LogP contribution >= 0.6 is 0 Å². The number of nitrogens with one attached hydrogen (secondary N) is 1. The summed E-state index contributed by atoms with van der Waals surface area (Å²) in [6, 6.07) is 14.5. The molecule has 0 radical (unpaired) electrons. The van der Waals surface area contributed by atoms with Crippen molar-refractivity contribution in [3.8, 4) is 0 Å². The lowest BCUT2D eigenvalue weighted by Crippen LogP contribution is -2.25. The first-order chi connectivity index (χ1) is 12.8. The Kier molecular flexibility index (Phi) is 5.04. The van der Waals surface area contributed by atoms with Crippen molar-refractivity contribution >= 4 is 0 Å². The van der Waals surface area contributed by atoms with Crippen molar-refractivity contribution in [1.29, 1.82) is 0 Å². The van der Waals surface area contributed by atoms with Crippen LogP contribution in [0.25, 0.3) is 0 Å². The molecule has 0 saturated carbocycles. The highest BCUT2D eigenvalue weighted by Gasteiger charge is 2.36. The molecular formula is C20H23N5O. The second kappa shape index (κ2) is 7.76. The third-order valence-corrected chi connectivity index (χ3v) is 4.71. The molecule has 0 unspecified atom stereocenters. The number of nitrogens with zero attached hydrogens (tertiary/aromatic N) is 4. The van der Waals surface area contributed by atoms with Gasteiger partial charge >= 0.3 is 0 Å². The van der Waals surface area contributed by atoms with Gasteiger partial charge in [0, 0.05) is 25.5 Å². The van der Waals surface area contributed by atoms with E-state index >= 15 is 0 Å². The largest absolute Gasteiger partial charge is 0.372 e. The fourth-order valence-corrected chi connectivity index (χ4v) is 3.45. The molecule has 0 spiro atoms. The minimum absolute atomic E-state index is 0.154. The number of H-pyrrole nitrogens is 1. The third kappa shape index (κ3) is 3.98. The molecule has 26 heavy (non-hydrogen) atoms. The lowest BCUT2D eigenvalue weighted by Gasteiger charge is -2.21. The van der Waals surface area contributed by atoms with E-state index in [0.717, 1.165) is 31.2 Å². The van der Waals surface area contributed by atoms with Gasteiger partial charge in [-0.3, -0.25) is 15.0 Å². The van der Waals surface area contributed by atoms with E-state index in [1.165, 1.54) is 11.1 Å². The van der Waals surface area contributed by atoms with Crippen LogP contribution in [0.4, 0.5) is 0 Å². The molecular weight excluding hydrogens is 326 g/mol. The number of aryl methyl sites for hydroxylation is 1. The summed E-state index contributed by atoms with van der Waals surface area (Å²) in [6.07, 6.45) is 4.77. The predicted octanol–water partition coefficient (Wildman–Crippen LogP) is 3.04. The molecule has 134 valence electrons. The Balaban J connectivity index is 1.46. The second-order valence-corrected chi connectivity index (χ2v) is 6.74. The zero-order valence-electron chi connectivity index (χ0n) is 14.9. The van der Waals surface area contributed by atoms with Gasteiger partial charge in [0.2, 0.25) is 0 Å². The van der Waals surface area contributed by atoms with Crippen molar-refractivity contribution < 1.29 is 4.74 Å². The van der Waals surface area contributed by atoms with Crippen LogP contribution in [0.2, 0.25) is 0 Å². The molecule has 1 fully saturated rings. The standard InChI is InChI=1S/C20H23N5O/c1-15-22-20(24-23-15)19-10-18(26-14-16-6-3-2-4-7-16)13-25(19)12-17-8-5-9-21-11-17/h2-9,11,18-19H,10,12-14H2,1H3,(H,22,23,24)/t18-,19-/m0/s1. The molecule has 1 N–H and O–H groups in total. The molecule has 0 aliphatic carbocycles. The number of benzene rings is 1. The zero-order chi connectivity index (χ0) is 17.8. The Morgan fingerprint density at radius 2 is 2.00 bits per heavy atom. The summed E-state index contributed by atoms with van der Waals surface area (Å²) in [7, 11) is 0. The lowest BCUT2D eigenvalue weighted by molar-refractivity contribution is 0.0461. The highest BCUT2D eigenvalue weighted by atomic mass is 16.5. The molecule has 3 aromatic rings. The summed E-state index contributed by atoms with van der Waals surface area (Å²) in [5.41, 5.74) is 2.39. The maximum atomic E-state index is 6.19. The number of pyridine rings is 1. The molecule has 4 rings (SSSR count). The fraction of sp³-hybridized carbons (Fsp3) is 0.350. The van der Waals surface area contributed by atoms with E-state index in [-0.39, 0.29) is 12.1 Å². The lowest BCUT2D eigenvalue weighted by atomic mass is 10.1. The van der Waals surface area contributed by atoms with Crippen LogP contribution < -0.4 is 0 Å². The Morgan fingerprint density at radius 3 is 2.73 bits per heavy atom. The van der Waals surface area contributed by atoms with Crippen molar-refractivity contribution in [3.63, 3.8) is 0 Å². The predicted molar refractivity (Wildman–Crippen MR) is 98.1 cm³/mol.